The molecule has 3 aromatic rings. The Bertz CT molecular complexity index is 905. The number of rotatable bonds is 5. The standard InChI is InChI=1S/C18H17N3O4/c1-24-11-7-8-17(25-2)14(9-11)19-18(23)15-10-13(20-21-15)12-5-3-4-6-16(12)22/h3-10,22H,1-2H3,(H,19,23)(H,20,21). The molecular weight excluding hydrogens is 322 g/mol. The predicted molar refractivity (Wildman–Crippen MR) is 93.2 cm³/mol. The zero-order chi connectivity index (χ0) is 17.8. The molecule has 0 atom stereocenters. The molecule has 3 N–H and O–H groups in total. The normalized spacial score (nSPS) is 10.3. The van der Waals surface area contributed by atoms with Crippen molar-refractivity contribution in [2.24, 2.45) is 0 Å². The Kier molecular flexibility index (Phi) is 4.56. The molecule has 0 aliphatic carbocycles. The van der Waals surface area contributed by atoms with Gasteiger partial charge in [0.25, 0.3) is 5.91 Å². The Morgan fingerprint density at radius 3 is 2.64 bits per heavy atom. The summed E-state index contributed by atoms with van der Waals surface area (Å²) < 4.78 is 10.4. The summed E-state index contributed by atoms with van der Waals surface area (Å²) in [5.41, 5.74) is 1.74. The van der Waals surface area contributed by atoms with Crippen molar-refractivity contribution in [1.29, 1.82) is 0 Å². The number of nitrogens with one attached hydrogen (secondary N) is 2. The van der Waals surface area contributed by atoms with Crippen LogP contribution in [0.4, 0.5) is 5.69 Å². The molecule has 128 valence electrons. The van der Waals surface area contributed by atoms with E-state index in [-0.39, 0.29) is 17.4 Å². The number of aromatic nitrogens is 2. The summed E-state index contributed by atoms with van der Waals surface area (Å²) in [6.07, 6.45) is 0. The van der Waals surface area contributed by atoms with E-state index in [2.05, 4.69) is 15.5 Å². The summed E-state index contributed by atoms with van der Waals surface area (Å²) in [5.74, 6) is 0.807. The van der Waals surface area contributed by atoms with E-state index in [4.69, 9.17) is 9.47 Å². The lowest BCUT2D eigenvalue weighted by atomic mass is 10.1. The maximum absolute atomic E-state index is 12.5. The van der Waals surface area contributed by atoms with Gasteiger partial charge in [-0.05, 0) is 30.3 Å². The highest BCUT2D eigenvalue weighted by Gasteiger charge is 2.15. The van der Waals surface area contributed by atoms with Crippen LogP contribution in [0, 0.1) is 0 Å². The molecule has 7 nitrogen and oxygen atoms in total. The van der Waals surface area contributed by atoms with E-state index in [0.29, 0.717) is 28.4 Å². The maximum atomic E-state index is 12.5. The van der Waals surface area contributed by atoms with E-state index in [1.807, 2.05) is 0 Å². The van der Waals surface area contributed by atoms with E-state index in [0.717, 1.165) is 0 Å². The first kappa shape index (κ1) is 16.4. The second kappa shape index (κ2) is 6.96. The second-order valence-corrected chi connectivity index (χ2v) is 5.20. The molecule has 0 bridgehead atoms. The van der Waals surface area contributed by atoms with Gasteiger partial charge in [0.2, 0.25) is 0 Å². The lowest BCUT2D eigenvalue weighted by molar-refractivity contribution is 0.102. The molecule has 0 unspecified atom stereocenters. The van der Waals surface area contributed by atoms with Gasteiger partial charge in [-0.15, -0.1) is 0 Å². The highest BCUT2D eigenvalue weighted by molar-refractivity contribution is 6.04. The van der Waals surface area contributed by atoms with Gasteiger partial charge in [0.05, 0.1) is 25.6 Å². The molecular formula is C18H17N3O4. The molecule has 1 heterocycles. The Morgan fingerprint density at radius 2 is 1.92 bits per heavy atom. The van der Waals surface area contributed by atoms with Crippen LogP contribution in [0.1, 0.15) is 10.5 Å². The SMILES string of the molecule is COc1ccc(OC)c(NC(=O)c2cc(-c3ccccc3O)n[nH]2)c1. The van der Waals surface area contributed by atoms with Crippen LogP contribution in [0.15, 0.2) is 48.5 Å². The number of aromatic amines is 1. The monoisotopic (exact) mass is 339 g/mol. The molecule has 0 radical (unpaired) electrons. The number of anilines is 1. The fraction of sp³-hybridized carbons (Fsp3) is 0.111. The number of phenols is 1. The molecule has 0 spiro atoms. The number of phenolic OH excluding ortho intramolecular Hbond substituents is 1. The third-order valence-corrected chi connectivity index (χ3v) is 3.66. The molecule has 1 amide bonds. The van der Waals surface area contributed by atoms with Gasteiger partial charge >= 0.3 is 0 Å². The topological polar surface area (TPSA) is 96.5 Å². The van der Waals surface area contributed by atoms with Crippen molar-refractivity contribution in [3.05, 3.63) is 54.2 Å². The number of benzene rings is 2. The third-order valence-electron chi connectivity index (χ3n) is 3.66. The largest absolute Gasteiger partial charge is 0.507 e. The van der Waals surface area contributed by atoms with Crippen LogP contribution in [-0.2, 0) is 0 Å². The maximum Gasteiger partial charge on any atom is 0.273 e. The van der Waals surface area contributed by atoms with Gasteiger partial charge < -0.3 is 19.9 Å². The number of amides is 1. The Hall–Kier alpha value is -3.48. The average Bonchev–Trinajstić information content (AvgIpc) is 3.12. The van der Waals surface area contributed by atoms with Crippen LogP contribution in [0.3, 0.4) is 0 Å². The van der Waals surface area contributed by atoms with Gasteiger partial charge in [-0.2, -0.15) is 5.10 Å². The van der Waals surface area contributed by atoms with Gasteiger partial charge in [-0.25, -0.2) is 0 Å². The summed E-state index contributed by atoms with van der Waals surface area (Å²) in [4.78, 5) is 12.5. The molecule has 0 aliphatic heterocycles. The summed E-state index contributed by atoms with van der Waals surface area (Å²) >= 11 is 0. The number of carbonyl (C=O) groups excluding carboxylic acids is 1. The van der Waals surface area contributed by atoms with Crippen LogP contribution in [-0.4, -0.2) is 35.4 Å². The number of para-hydroxylation sites is 1. The fourth-order valence-electron chi connectivity index (χ4n) is 2.37. The molecule has 2 aromatic carbocycles. The van der Waals surface area contributed by atoms with Crippen LogP contribution in [0.2, 0.25) is 0 Å². The number of carbonyl (C=O) groups is 1. The lowest BCUT2D eigenvalue weighted by Gasteiger charge is -2.11. The molecule has 25 heavy (non-hydrogen) atoms. The molecule has 0 saturated carbocycles. The number of H-pyrrole nitrogens is 1. The van der Waals surface area contributed by atoms with Gasteiger partial charge in [0.15, 0.2) is 0 Å². The Labute approximate surface area is 144 Å². The van der Waals surface area contributed by atoms with Gasteiger partial charge in [-0.1, -0.05) is 12.1 Å². The smallest absolute Gasteiger partial charge is 0.273 e. The molecule has 1 aromatic heterocycles. The zero-order valence-electron chi connectivity index (χ0n) is 13.7. The van der Waals surface area contributed by atoms with Crippen molar-refractivity contribution < 1.29 is 19.4 Å². The number of hydrogen-bond acceptors (Lipinski definition) is 5. The highest BCUT2D eigenvalue weighted by atomic mass is 16.5. The molecule has 0 saturated heterocycles. The number of methoxy groups -OCH3 is 2. The van der Waals surface area contributed by atoms with Crippen molar-refractivity contribution in [3.63, 3.8) is 0 Å². The van der Waals surface area contributed by atoms with E-state index < -0.39 is 0 Å². The fourth-order valence-corrected chi connectivity index (χ4v) is 2.37. The minimum Gasteiger partial charge on any atom is -0.507 e. The van der Waals surface area contributed by atoms with Crippen molar-refractivity contribution in [3.8, 4) is 28.5 Å². The van der Waals surface area contributed by atoms with Crippen LogP contribution in [0.25, 0.3) is 11.3 Å². The van der Waals surface area contributed by atoms with Gasteiger partial charge in [-0.3, -0.25) is 9.89 Å². The Morgan fingerprint density at radius 1 is 1.12 bits per heavy atom. The minimum atomic E-state index is -0.388. The van der Waals surface area contributed by atoms with Crippen molar-refractivity contribution in [2.45, 2.75) is 0 Å². The first-order valence-electron chi connectivity index (χ1n) is 7.49. The summed E-state index contributed by atoms with van der Waals surface area (Å²) in [6, 6.07) is 13.5. The second-order valence-electron chi connectivity index (χ2n) is 5.20. The average molecular weight is 339 g/mol. The quantitative estimate of drug-likeness (QED) is 0.664. The van der Waals surface area contributed by atoms with E-state index in [9.17, 15) is 9.90 Å². The van der Waals surface area contributed by atoms with E-state index >= 15 is 0 Å². The molecule has 0 fully saturated rings. The third kappa shape index (κ3) is 3.40. The van der Waals surface area contributed by atoms with Gasteiger partial charge in [0.1, 0.15) is 22.9 Å². The van der Waals surface area contributed by atoms with Gasteiger partial charge in [0, 0.05) is 11.6 Å². The molecule has 0 aliphatic rings. The number of aromatic hydroxyl groups is 1. The van der Waals surface area contributed by atoms with E-state index in [1.54, 1.807) is 55.6 Å². The van der Waals surface area contributed by atoms with Crippen LogP contribution >= 0.6 is 0 Å². The first-order chi connectivity index (χ1) is 12.1. The molecule has 3 rings (SSSR count). The minimum absolute atomic E-state index is 0.0930. The van der Waals surface area contributed by atoms with Crippen molar-refractivity contribution >= 4 is 11.6 Å². The lowest BCUT2D eigenvalue weighted by Crippen LogP contribution is -2.13. The molecule has 7 heteroatoms. The predicted octanol–water partition coefficient (Wildman–Crippen LogP) is 3.05. The van der Waals surface area contributed by atoms with Crippen molar-refractivity contribution in [1.82, 2.24) is 10.2 Å². The summed E-state index contributed by atoms with van der Waals surface area (Å²) in [5, 5.41) is 19.4. The summed E-state index contributed by atoms with van der Waals surface area (Å²) in [6.45, 7) is 0. The number of hydrogen-bond donors (Lipinski definition) is 3. The number of nitrogens with zero attached hydrogens (tertiary/aromatic N) is 1. The van der Waals surface area contributed by atoms with Crippen molar-refractivity contribution in [2.75, 3.05) is 19.5 Å². The summed E-state index contributed by atoms with van der Waals surface area (Å²) in [7, 11) is 3.06. The first-order valence-corrected chi connectivity index (χ1v) is 7.49. The van der Waals surface area contributed by atoms with Crippen LogP contribution in [0.5, 0.6) is 17.2 Å². The van der Waals surface area contributed by atoms with E-state index in [1.165, 1.54) is 7.11 Å². The number of ether oxygens (including phenoxy) is 2. The zero-order valence-corrected chi connectivity index (χ0v) is 13.7. The van der Waals surface area contributed by atoms with Crippen LogP contribution < -0.4 is 14.8 Å². The Balaban J connectivity index is 1.85. The highest BCUT2D eigenvalue weighted by Crippen LogP contribution is 2.30.